The van der Waals surface area contributed by atoms with Crippen LogP contribution in [0.4, 0.5) is 0 Å². The summed E-state index contributed by atoms with van der Waals surface area (Å²) < 4.78 is 1.76. The van der Waals surface area contributed by atoms with Crippen molar-refractivity contribution in [2.24, 2.45) is 11.5 Å². The molecule has 5 heteroatoms. The molecule has 0 radical (unpaired) electrons. The summed E-state index contributed by atoms with van der Waals surface area (Å²) in [4.78, 5) is 10.6. The Bertz CT molecular complexity index is 294. The van der Waals surface area contributed by atoms with Gasteiger partial charge in [0.2, 0.25) is 5.91 Å². The minimum absolute atomic E-state index is 0.158. The SMILES string of the molecule is CCn1nccc1C(N)CC(N)=O. The molecule has 0 aliphatic carbocycles. The van der Waals surface area contributed by atoms with Gasteiger partial charge in [-0.25, -0.2) is 0 Å². The van der Waals surface area contributed by atoms with E-state index in [1.54, 1.807) is 16.9 Å². The van der Waals surface area contributed by atoms with E-state index < -0.39 is 5.91 Å². The summed E-state index contributed by atoms with van der Waals surface area (Å²) in [5.74, 6) is -0.392. The summed E-state index contributed by atoms with van der Waals surface area (Å²) in [7, 11) is 0. The molecule has 0 saturated heterocycles. The van der Waals surface area contributed by atoms with E-state index in [2.05, 4.69) is 5.10 Å². The number of carbonyl (C=O) groups excluding carboxylic acids is 1. The van der Waals surface area contributed by atoms with E-state index in [0.29, 0.717) is 0 Å². The van der Waals surface area contributed by atoms with E-state index in [-0.39, 0.29) is 12.5 Å². The third-order valence-electron chi connectivity index (χ3n) is 1.85. The van der Waals surface area contributed by atoms with Gasteiger partial charge in [-0.3, -0.25) is 9.48 Å². The molecule has 0 spiro atoms. The summed E-state index contributed by atoms with van der Waals surface area (Å²) in [5.41, 5.74) is 11.6. The lowest BCUT2D eigenvalue weighted by atomic mass is 10.1. The molecule has 72 valence electrons. The highest BCUT2D eigenvalue weighted by molar-refractivity contribution is 5.74. The molecule has 1 amide bonds. The number of aromatic nitrogens is 2. The highest BCUT2D eigenvalue weighted by atomic mass is 16.1. The fourth-order valence-electron chi connectivity index (χ4n) is 1.24. The normalized spacial score (nSPS) is 12.8. The van der Waals surface area contributed by atoms with Gasteiger partial charge in [-0.15, -0.1) is 0 Å². The van der Waals surface area contributed by atoms with Crippen LogP contribution in [0, 0.1) is 0 Å². The van der Waals surface area contributed by atoms with E-state index in [9.17, 15) is 4.79 Å². The van der Waals surface area contributed by atoms with Crippen molar-refractivity contribution in [2.45, 2.75) is 25.9 Å². The van der Waals surface area contributed by atoms with Gasteiger partial charge in [-0.05, 0) is 13.0 Å². The van der Waals surface area contributed by atoms with Crippen LogP contribution < -0.4 is 11.5 Å². The number of carbonyl (C=O) groups is 1. The maximum Gasteiger partial charge on any atom is 0.219 e. The largest absolute Gasteiger partial charge is 0.370 e. The van der Waals surface area contributed by atoms with Crippen LogP contribution in [0.1, 0.15) is 25.1 Å². The topological polar surface area (TPSA) is 86.9 Å². The first kappa shape index (κ1) is 9.73. The van der Waals surface area contributed by atoms with Gasteiger partial charge in [0.05, 0.1) is 11.7 Å². The van der Waals surface area contributed by atoms with Crippen molar-refractivity contribution in [3.05, 3.63) is 18.0 Å². The molecule has 0 fully saturated rings. The van der Waals surface area contributed by atoms with Crippen molar-refractivity contribution in [3.8, 4) is 0 Å². The monoisotopic (exact) mass is 182 g/mol. The second-order valence-electron chi connectivity index (χ2n) is 2.85. The molecule has 1 unspecified atom stereocenters. The Labute approximate surface area is 76.7 Å². The van der Waals surface area contributed by atoms with Gasteiger partial charge in [0.15, 0.2) is 0 Å². The Morgan fingerprint density at radius 2 is 2.46 bits per heavy atom. The summed E-state index contributed by atoms with van der Waals surface area (Å²) in [6.45, 7) is 2.71. The molecular formula is C8H14N4O. The van der Waals surface area contributed by atoms with E-state index >= 15 is 0 Å². The highest BCUT2D eigenvalue weighted by Crippen LogP contribution is 2.12. The lowest BCUT2D eigenvalue weighted by Crippen LogP contribution is -2.23. The van der Waals surface area contributed by atoms with Crippen molar-refractivity contribution in [1.29, 1.82) is 0 Å². The van der Waals surface area contributed by atoms with Crippen LogP contribution in [-0.2, 0) is 11.3 Å². The molecule has 1 aromatic heterocycles. The third kappa shape index (κ3) is 2.29. The fraction of sp³-hybridized carbons (Fsp3) is 0.500. The van der Waals surface area contributed by atoms with Crippen molar-refractivity contribution in [2.75, 3.05) is 0 Å². The highest BCUT2D eigenvalue weighted by Gasteiger charge is 2.12. The van der Waals surface area contributed by atoms with Crippen LogP contribution in [-0.4, -0.2) is 15.7 Å². The van der Waals surface area contributed by atoms with Crippen LogP contribution in [0.5, 0.6) is 0 Å². The van der Waals surface area contributed by atoms with E-state index in [0.717, 1.165) is 12.2 Å². The van der Waals surface area contributed by atoms with E-state index in [4.69, 9.17) is 11.5 Å². The first-order chi connectivity index (χ1) is 6.15. The summed E-state index contributed by atoms with van der Waals surface area (Å²) in [6.07, 6.45) is 1.82. The van der Waals surface area contributed by atoms with Crippen molar-refractivity contribution < 1.29 is 4.79 Å². The molecule has 1 heterocycles. The number of hydrogen-bond donors (Lipinski definition) is 2. The molecule has 0 aromatic carbocycles. The lowest BCUT2D eigenvalue weighted by Gasteiger charge is -2.10. The van der Waals surface area contributed by atoms with Gasteiger partial charge >= 0.3 is 0 Å². The molecular weight excluding hydrogens is 168 g/mol. The number of rotatable bonds is 4. The number of primary amides is 1. The first-order valence-corrected chi connectivity index (χ1v) is 4.20. The zero-order chi connectivity index (χ0) is 9.84. The minimum atomic E-state index is -0.392. The Kier molecular flexibility index (Phi) is 3.02. The first-order valence-electron chi connectivity index (χ1n) is 4.20. The molecule has 0 saturated carbocycles. The molecule has 0 bridgehead atoms. The van der Waals surface area contributed by atoms with Crippen molar-refractivity contribution in [3.63, 3.8) is 0 Å². The number of amides is 1. The smallest absolute Gasteiger partial charge is 0.219 e. The van der Waals surface area contributed by atoms with Gasteiger partial charge in [-0.2, -0.15) is 5.10 Å². The van der Waals surface area contributed by atoms with Gasteiger partial charge < -0.3 is 11.5 Å². The van der Waals surface area contributed by atoms with Gasteiger partial charge in [-0.1, -0.05) is 0 Å². The second kappa shape index (κ2) is 4.04. The van der Waals surface area contributed by atoms with Crippen LogP contribution >= 0.6 is 0 Å². The van der Waals surface area contributed by atoms with Crippen LogP contribution in [0.2, 0.25) is 0 Å². The molecule has 0 aliphatic rings. The minimum Gasteiger partial charge on any atom is -0.370 e. The Morgan fingerprint density at radius 1 is 1.77 bits per heavy atom. The molecule has 5 nitrogen and oxygen atoms in total. The van der Waals surface area contributed by atoms with Gasteiger partial charge in [0.25, 0.3) is 0 Å². The summed E-state index contributed by atoms with van der Waals surface area (Å²) >= 11 is 0. The zero-order valence-electron chi connectivity index (χ0n) is 7.60. The van der Waals surface area contributed by atoms with Crippen LogP contribution in [0.15, 0.2) is 12.3 Å². The molecule has 4 N–H and O–H groups in total. The van der Waals surface area contributed by atoms with E-state index in [1.807, 2.05) is 6.92 Å². The van der Waals surface area contributed by atoms with Crippen molar-refractivity contribution in [1.82, 2.24) is 9.78 Å². The second-order valence-corrected chi connectivity index (χ2v) is 2.85. The maximum atomic E-state index is 10.6. The summed E-state index contributed by atoms with van der Waals surface area (Å²) in [5, 5.41) is 4.05. The van der Waals surface area contributed by atoms with Gasteiger partial charge in [0, 0.05) is 19.2 Å². The number of hydrogen-bond acceptors (Lipinski definition) is 3. The molecule has 1 aromatic rings. The average Bonchev–Trinajstić information content (AvgIpc) is 2.49. The van der Waals surface area contributed by atoms with Crippen LogP contribution in [0.25, 0.3) is 0 Å². The Morgan fingerprint density at radius 3 is 3.00 bits per heavy atom. The standard InChI is InChI=1S/C8H14N4O/c1-2-12-7(3-4-11-12)6(9)5-8(10)13/h3-4,6H,2,5,9H2,1H3,(H2,10,13). The quantitative estimate of drug-likeness (QED) is 0.674. The van der Waals surface area contributed by atoms with Gasteiger partial charge in [0.1, 0.15) is 0 Å². The van der Waals surface area contributed by atoms with E-state index in [1.165, 1.54) is 0 Å². The average molecular weight is 182 g/mol. The number of nitrogens with zero attached hydrogens (tertiary/aromatic N) is 2. The summed E-state index contributed by atoms with van der Waals surface area (Å²) in [6, 6.07) is 1.46. The molecule has 0 aliphatic heterocycles. The Balaban J connectivity index is 2.75. The predicted molar refractivity (Wildman–Crippen MR) is 48.6 cm³/mol. The number of aryl methyl sites for hydroxylation is 1. The molecule has 13 heavy (non-hydrogen) atoms. The van der Waals surface area contributed by atoms with Crippen LogP contribution in [0.3, 0.4) is 0 Å². The zero-order valence-corrected chi connectivity index (χ0v) is 7.60. The molecule has 1 rings (SSSR count). The van der Waals surface area contributed by atoms with Crippen molar-refractivity contribution >= 4 is 5.91 Å². The maximum absolute atomic E-state index is 10.6. The molecule has 1 atom stereocenters. The lowest BCUT2D eigenvalue weighted by molar-refractivity contribution is -0.118. The number of nitrogens with two attached hydrogens (primary N) is 2. The predicted octanol–water partition coefficient (Wildman–Crippen LogP) is -0.222. The fourth-order valence-corrected chi connectivity index (χ4v) is 1.24. The third-order valence-corrected chi connectivity index (χ3v) is 1.85. The Hall–Kier alpha value is -1.36.